The van der Waals surface area contributed by atoms with E-state index in [0.29, 0.717) is 39.0 Å². The molecule has 10 nitrogen and oxygen atoms in total. The third-order valence-electron chi connectivity index (χ3n) is 9.87. The number of para-hydroxylation sites is 1. The first-order chi connectivity index (χ1) is 24.9. The van der Waals surface area contributed by atoms with Crippen LogP contribution in [0.3, 0.4) is 0 Å². The van der Waals surface area contributed by atoms with E-state index in [1.54, 1.807) is 12.1 Å². The summed E-state index contributed by atoms with van der Waals surface area (Å²) in [5, 5.41) is 15.6. The third kappa shape index (κ3) is 13.0. The van der Waals surface area contributed by atoms with Crippen LogP contribution in [-0.4, -0.2) is 96.2 Å². The minimum atomic E-state index is -0.444. The number of unbranched alkanes of at least 4 members (excludes halogenated alkanes) is 2. The predicted molar refractivity (Wildman–Crippen MR) is 201 cm³/mol. The molecule has 0 aromatic heterocycles. The second-order valence-electron chi connectivity index (χ2n) is 13.8. The lowest BCUT2D eigenvalue weighted by Gasteiger charge is -2.31. The summed E-state index contributed by atoms with van der Waals surface area (Å²) >= 11 is 0. The number of rotatable bonds is 18. The van der Waals surface area contributed by atoms with Crippen molar-refractivity contribution in [2.75, 3.05) is 57.7 Å². The van der Waals surface area contributed by atoms with Gasteiger partial charge in [-0.3, -0.25) is 14.9 Å². The van der Waals surface area contributed by atoms with Gasteiger partial charge in [0, 0.05) is 57.7 Å². The van der Waals surface area contributed by atoms with E-state index in [2.05, 4.69) is 20.4 Å². The number of likely N-dealkylation sites (tertiary alicyclic amines) is 2. The lowest BCUT2D eigenvalue weighted by molar-refractivity contribution is -0.132. The van der Waals surface area contributed by atoms with Gasteiger partial charge in [0.25, 0.3) is 0 Å². The van der Waals surface area contributed by atoms with Crippen LogP contribution in [0.15, 0.2) is 78.9 Å². The van der Waals surface area contributed by atoms with Crippen molar-refractivity contribution in [3.63, 3.8) is 0 Å². The summed E-state index contributed by atoms with van der Waals surface area (Å²) < 4.78 is 5.75. The monoisotopic (exact) mass is 697 g/mol. The SMILES string of the molecule is O=C(CCN1CCC(OC(=O)Nc2ccccc2-c2ccccc2)CC1)NCCCCCN(Cc1ccc(O)cc1)C(=O)CCCN1CCCC1. The number of phenols is 1. The number of phenolic OH excluding ortho intramolecular Hbond substituents is 1. The van der Waals surface area contributed by atoms with Gasteiger partial charge < -0.3 is 29.9 Å². The number of piperidine rings is 1. The molecule has 0 saturated carbocycles. The zero-order chi connectivity index (χ0) is 35.7. The van der Waals surface area contributed by atoms with E-state index in [9.17, 15) is 19.5 Å². The number of anilines is 1. The van der Waals surface area contributed by atoms with Crippen LogP contribution < -0.4 is 10.6 Å². The molecule has 3 N–H and O–H groups in total. The minimum absolute atomic E-state index is 0.0481. The zero-order valence-electron chi connectivity index (χ0n) is 29.9. The summed E-state index contributed by atoms with van der Waals surface area (Å²) in [6, 6.07) is 24.7. The molecule has 2 aliphatic rings. The molecule has 5 rings (SSSR count). The van der Waals surface area contributed by atoms with Crippen molar-refractivity contribution in [2.45, 2.75) is 76.9 Å². The Morgan fingerprint density at radius 1 is 0.765 bits per heavy atom. The molecule has 0 aliphatic carbocycles. The molecule has 3 aromatic rings. The van der Waals surface area contributed by atoms with Crippen molar-refractivity contribution in [1.29, 1.82) is 0 Å². The second kappa shape index (κ2) is 20.4. The maximum Gasteiger partial charge on any atom is 0.411 e. The maximum atomic E-state index is 13.2. The number of aromatic hydroxyl groups is 1. The van der Waals surface area contributed by atoms with Gasteiger partial charge in [0.1, 0.15) is 11.9 Å². The molecule has 2 saturated heterocycles. The first-order valence-corrected chi connectivity index (χ1v) is 18.8. The maximum absolute atomic E-state index is 13.2. The van der Waals surface area contributed by atoms with Gasteiger partial charge in [0.05, 0.1) is 5.69 Å². The van der Waals surface area contributed by atoms with Gasteiger partial charge in [-0.15, -0.1) is 0 Å². The van der Waals surface area contributed by atoms with Gasteiger partial charge in [0.15, 0.2) is 0 Å². The fourth-order valence-corrected chi connectivity index (χ4v) is 6.92. The number of ether oxygens (including phenoxy) is 1. The highest BCUT2D eigenvalue weighted by molar-refractivity contribution is 5.91. The van der Waals surface area contributed by atoms with Crippen LogP contribution in [0.25, 0.3) is 11.1 Å². The van der Waals surface area contributed by atoms with Crippen molar-refractivity contribution in [3.8, 4) is 16.9 Å². The van der Waals surface area contributed by atoms with E-state index in [1.165, 1.54) is 12.8 Å². The molecule has 51 heavy (non-hydrogen) atoms. The van der Waals surface area contributed by atoms with Gasteiger partial charge in [-0.2, -0.15) is 0 Å². The summed E-state index contributed by atoms with van der Waals surface area (Å²) in [6.45, 7) is 7.36. The molecule has 3 amide bonds. The molecule has 274 valence electrons. The van der Waals surface area contributed by atoms with Crippen LogP contribution in [0, 0.1) is 0 Å². The fourth-order valence-electron chi connectivity index (χ4n) is 6.92. The lowest BCUT2D eigenvalue weighted by atomic mass is 10.0. The smallest absolute Gasteiger partial charge is 0.411 e. The van der Waals surface area contributed by atoms with Crippen molar-refractivity contribution in [2.24, 2.45) is 0 Å². The summed E-state index contributed by atoms with van der Waals surface area (Å²) in [5.74, 6) is 0.452. The van der Waals surface area contributed by atoms with Crippen LogP contribution in [-0.2, 0) is 20.9 Å². The molecule has 2 aliphatic heterocycles. The highest BCUT2D eigenvalue weighted by atomic mass is 16.6. The van der Waals surface area contributed by atoms with E-state index in [-0.39, 0.29) is 23.7 Å². The van der Waals surface area contributed by atoms with Crippen LogP contribution >= 0.6 is 0 Å². The van der Waals surface area contributed by atoms with E-state index >= 15 is 0 Å². The molecule has 2 heterocycles. The van der Waals surface area contributed by atoms with Gasteiger partial charge in [-0.1, -0.05) is 60.7 Å². The predicted octanol–water partition coefficient (Wildman–Crippen LogP) is 6.65. The van der Waals surface area contributed by atoms with Crippen LogP contribution in [0.1, 0.15) is 69.8 Å². The van der Waals surface area contributed by atoms with E-state index < -0.39 is 6.09 Å². The number of amides is 3. The standard InChI is InChI=1S/C41H55N5O5/c47-35-19-17-33(18-20-35)32-46(40(49)16-11-27-44-25-9-10-26-44)28-8-2-7-24-42-39(48)23-31-45-29-21-36(22-30-45)51-41(50)43-38-15-6-5-14-37(38)34-12-3-1-4-13-34/h1,3-6,12-15,17-20,36,47H,2,7-11,16,21-32H2,(H,42,48)(H,43,50). The van der Waals surface area contributed by atoms with Crippen molar-refractivity contribution in [1.82, 2.24) is 20.0 Å². The van der Waals surface area contributed by atoms with Crippen molar-refractivity contribution >= 4 is 23.6 Å². The Hall–Kier alpha value is -4.41. The van der Waals surface area contributed by atoms with Crippen LogP contribution in [0.5, 0.6) is 5.75 Å². The first kappa shape index (κ1) is 37.8. The molecular weight excluding hydrogens is 642 g/mol. The van der Waals surface area contributed by atoms with Crippen LogP contribution in [0.4, 0.5) is 10.5 Å². The number of nitrogens with one attached hydrogen (secondary N) is 2. The van der Waals surface area contributed by atoms with Gasteiger partial charge in [-0.05, 0) is 100 Å². The highest BCUT2D eigenvalue weighted by Crippen LogP contribution is 2.28. The van der Waals surface area contributed by atoms with E-state index in [0.717, 1.165) is 93.6 Å². The Morgan fingerprint density at radius 3 is 2.24 bits per heavy atom. The highest BCUT2D eigenvalue weighted by Gasteiger charge is 2.23. The van der Waals surface area contributed by atoms with Gasteiger partial charge >= 0.3 is 6.09 Å². The molecule has 10 heteroatoms. The number of benzene rings is 3. The summed E-state index contributed by atoms with van der Waals surface area (Å²) in [4.78, 5) is 45.1. The quantitative estimate of drug-likeness (QED) is 0.128. The molecule has 0 bridgehead atoms. The Bertz CT molecular complexity index is 1500. The average molecular weight is 698 g/mol. The number of carbonyl (C=O) groups is 3. The minimum Gasteiger partial charge on any atom is -0.508 e. The lowest BCUT2D eigenvalue weighted by Crippen LogP contribution is -2.40. The van der Waals surface area contributed by atoms with Crippen molar-refractivity contribution in [3.05, 3.63) is 84.4 Å². The summed E-state index contributed by atoms with van der Waals surface area (Å²) in [5.41, 5.74) is 3.71. The number of hydrogen-bond acceptors (Lipinski definition) is 7. The zero-order valence-corrected chi connectivity index (χ0v) is 29.9. The molecule has 0 atom stereocenters. The second-order valence-corrected chi connectivity index (χ2v) is 13.8. The Balaban J connectivity index is 0.932. The molecule has 3 aromatic carbocycles. The molecule has 2 fully saturated rings. The summed E-state index contributed by atoms with van der Waals surface area (Å²) in [6.07, 6.45) is 7.92. The normalized spacial score (nSPS) is 15.4. The topological polar surface area (TPSA) is 114 Å². The molecule has 0 spiro atoms. The average Bonchev–Trinajstić information content (AvgIpc) is 3.67. The molecule has 0 unspecified atom stereocenters. The third-order valence-corrected chi connectivity index (χ3v) is 9.87. The van der Waals surface area contributed by atoms with Gasteiger partial charge in [-0.25, -0.2) is 4.79 Å². The van der Waals surface area contributed by atoms with Gasteiger partial charge in [0.2, 0.25) is 11.8 Å². The number of hydrogen-bond donors (Lipinski definition) is 3. The van der Waals surface area contributed by atoms with Crippen LogP contribution in [0.2, 0.25) is 0 Å². The van der Waals surface area contributed by atoms with E-state index in [4.69, 9.17) is 4.74 Å². The summed E-state index contributed by atoms with van der Waals surface area (Å²) in [7, 11) is 0. The van der Waals surface area contributed by atoms with Crippen molar-refractivity contribution < 1.29 is 24.2 Å². The fraction of sp³-hybridized carbons (Fsp3) is 0.488. The molecule has 0 radical (unpaired) electrons. The Morgan fingerprint density at radius 2 is 1.47 bits per heavy atom. The first-order valence-electron chi connectivity index (χ1n) is 18.8. The Kier molecular flexibility index (Phi) is 15.2. The molecular formula is C41H55N5O5. The number of carbonyl (C=O) groups excluding carboxylic acids is 3. The number of nitrogens with zero attached hydrogens (tertiary/aromatic N) is 3. The largest absolute Gasteiger partial charge is 0.508 e. The van der Waals surface area contributed by atoms with E-state index in [1.807, 2.05) is 71.6 Å². The Labute approximate surface area is 303 Å².